The second-order valence-electron chi connectivity index (χ2n) is 6.21. The summed E-state index contributed by atoms with van der Waals surface area (Å²) in [6, 6.07) is 24.0. The standard InChI is InChI=1S/C22H21NOS/c1-16-4-12-20(13-5-16)25-21-14-8-18(9-15-21)22(24)17-6-10-19(11-7-17)23(2)3/h4-15H,1-3H3. The monoisotopic (exact) mass is 347 g/mol. The molecule has 0 radical (unpaired) electrons. The second kappa shape index (κ2) is 7.58. The van der Waals surface area contributed by atoms with E-state index in [4.69, 9.17) is 0 Å². The Hall–Kier alpha value is -2.52. The summed E-state index contributed by atoms with van der Waals surface area (Å²) in [5, 5.41) is 0. The van der Waals surface area contributed by atoms with Crippen molar-refractivity contribution < 1.29 is 4.79 Å². The summed E-state index contributed by atoms with van der Waals surface area (Å²) in [6.07, 6.45) is 0. The SMILES string of the molecule is Cc1ccc(Sc2ccc(C(=O)c3ccc(N(C)C)cc3)cc2)cc1. The molecule has 0 aromatic heterocycles. The molecule has 0 unspecified atom stereocenters. The molecule has 126 valence electrons. The van der Waals surface area contributed by atoms with Gasteiger partial charge in [-0.2, -0.15) is 0 Å². The average Bonchev–Trinajstić information content (AvgIpc) is 2.64. The lowest BCUT2D eigenvalue weighted by Crippen LogP contribution is -2.09. The Kier molecular flexibility index (Phi) is 5.25. The van der Waals surface area contributed by atoms with Crippen molar-refractivity contribution in [3.05, 3.63) is 89.5 Å². The molecule has 3 aromatic carbocycles. The molecule has 0 amide bonds. The molecule has 0 saturated carbocycles. The summed E-state index contributed by atoms with van der Waals surface area (Å²) in [5.74, 6) is 0.0530. The Bertz CT molecular complexity index is 850. The van der Waals surface area contributed by atoms with E-state index in [-0.39, 0.29) is 5.78 Å². The van der Waals surface area contributed by atoms with Gasteiger partial charge in [0.25, 0.3) is 0 Å². The van der Waals surface area contributed by atoms with Crippen LogP contribution in [0.1, 0.15) is 21.5 Å². The number of carbonyl (C=O) groups is 1. The maximum atomic E-state index is 12.6. The largest absolute Gasteiger partial charge is 0.378 e. The van der Waals surface area contributed by atoms with Crippen LogP contribution in [0.2, 0.25) is 0 Å². The first-order valence-corrected chi connectivity index (χ1v) is 9.01. The van der Waals surface area contributed by atoms with Gasteiger partial charge in [0.05, 0.1) is 0 Å². The second-order valence-corrected chi connectivity index (χ2v) is 7.36. The zero-order chi connectivity index (χ0) is 17.8. The van der Waals surface area contributed by atoms with Crippen molar-refractivity contribution in [2.24, 2.45) is 0 Å². The van der Waals surface area contributed by atoms with Crippen LogP contribution in [-0.2, 0) is 0 Å². The molecule has 3 heteroatoms. The first-order valence-electron chi connectivity index (χ1n) is 8.19. The van der Waals surface area contributed by atoms with E-state index in [1.165, 1.54) is 10.5 Å². The van der Waals surface area contributed by atoms with Gasteiger partial charge in [-0.05, 0) is 67.6 Å². The Morgan fingerprint density at radius 1 is 0.720 bits per heavy atom. The zero-order valence-electron chi connectivity index (χ0n) is 14.7. The lowest BCUT2D eigenvalue weighted by molar-refractivity contribution is 0.103. The highest BCUT2D eigenvalue weighted by molar-refractivity contribution is 7.99. The quantitative estimate of drug-likeness (QED) is 0.573. The van der Waals surface area contributed by atoms with Gasteiger partial charge >= 0.3 is 0 Å². The minimum atomic E-state index is 0.0530. The smallest absolute Gasteiger partial charge is 0.193 e. The topological polar surface area (TPSA) is 20.3 Å². The lowest BCUT2D eigenvalue weighted by atomic mass is 10.0. The fourth-order valence-electron chi connectivity index (χ4n) is 2.49. The fraction of sp³-hybridized carbons (Fsp3) is 0.136. The van der Waals surface area contributed by atoms with Gasteiger partial charge in [-0.15, -0.1) is 0 Å². The Labute approximate surface area is 153 Å². The molecular formula is C22H21NOS. The highest BCUT2D eigenvalue weighted by Crippen LogP contribution is 2.28. The van der Waals surface area contributed by atoms with Crippen LogP contribution in [0.5, 0.6) is 0 Å². The maximum Gasteiger partial charge on any atom is 0.193 e. The third kappa shape index (κ3) is 4.31. The van der Waals surface area contributed by atoms with Crippen LogP contribution in [-0.4, -0.2) is 19.9 Å². The van der Waals surface area contributed by atoms with E-state index < -0.39 is 0 Å². The number of aryl methyl sites for hydroxylation is 1. The summed E-state index contributed by atoms with van der Waals surface area (Å²) < 4.78 is 0. The first kappa shape index (κ1) is 17.3. The summed E-state index contributed by atoms with van der Waals surface area (Å²) in [6.45, 7) is 2.08. The number of hydrogen-bond acceptors (Lipinski definition) is 3. The number of carbonyl (C=O) groups excluding carboxylic acids is 1. The number of hydrogen-bond donors (Lipinski definition) is 0. The van der Waals surface area contributed by atoms with Crippen LogP contribution in [0, 0.1) is 6.92 Å². The molecule has 0 heterocycles. The molecule has 2 nitrogen and oxygen atoms in total. The molecule has 0 spiro atoms. The molecular weight excluding hydrogens is 326 g/mol. The highest BCUT2D eigenvalue weighted by atomic mass is 32.2. The summed E-state index contributed by atoms with van der Waals surface area (Å²) >= 11 is 1.70. The van der Waals surface area contributed by atoms with Gasteiger partial charge in [-0.25, -0.2) is 0 Å². The van der Waals surface area contributed by atoms with E-state index in [1.54, 1.807) is 11.8 Å². The molecule has 3 aromatic rings. The van der Waals surface area contributed by atoms with Gasteiger partial charge in [-0.1, -0.05) is 29.5 Å². The van der Waals surface area contributed by atoms with E-state index >= 15 is 0 Å². The van der Waals surface area contributed by atoms with Crippen molar-refractivity contribution in [2.45, 2.75) is 16.7 Å². The molecule has 0 fully saturated rings. The molecule has 0 aliphatic rings. The van der Waals surface area contributed by atoms with Crippen LogP contribution in [0.25, 0.3) is 0 Å². The Morgan fingerprint density at radius 2 is 1.16 bits per heavy atom. The molecule has 0 N–H and O–H groups in total. The third-order valence-electron chi connectivity index (χ3n) is 4.02. The van der Waals surface area contributed by atoms with Crippen LogP contribution in [0.3, 0.4) is 0 Å². The number of benzene rings is 3. The van der Waals surface area contributed by atoms with Gasteiger partial charge in [0.1, 0.15) is 0 Å². The summed E-state index contributed by atoms with van der Waals surface area (Å²) in [5.41, 5.74) is 3.77. The molecule has 0 saturated heterocycles. The maximum absolute atomic E-state index is 12.6. The van der Waals surface area contributed by atoms with Crippen molar-refractivity contribution in [1.82, 2.24) is 0 Å². The Balaban J connectivity index is 1.72. The number of ketones is 1. The number of nitrogens with zero attached hydrogens (tertiary/aromatic N) is 1. The van der Waals surface area contributed by atoms with Crippen LogP contribution in [0.4, 0.5) is 5.69 Å². The third-order valence-corrected chi connectivity index (χ3v) is 5.03. The van der Waals surface area contributed by atoms with Gasteiger partial charge < -0.3 is 4.90 Å². The van der Waals surface area contributed by atoms with Crippen molar-refractivity contribution >= 4 is 23.2 Å². The predicted octanol–water partition coefficient (Wildman–Crippen LogP) is 5.44. The molecule has 25 heavy (non-hydrogen) atoms. The van der Waals surface area contributed by atoms with E-state index in [9.17, 15) is 4.79 Å². The van der Waals surface area contributed by atoms with Crippen molar-refractivity contribution in [3.63, 3.8) is 0 Å². The van der Waals surface area contributed by atoms with Crippen molar-refractivity contribution in [2.75, 3.05) is 19.0 Å². The lowest BCUT2D eigenvalue weighted by Gasteiger charge is -2.12. The highest BCUT2D eigenvalue weighted by Gasteiger charge is 2.09. The van der Waals surface area contributed by atoms with Crippen LogP contribution >= 0.6 is 11.8 Å². The summed E-state index contributed by atoms with van der Waals surface area (Å²) in [7, 11) is 3.97. The van der Waals surface area contributed by atoms with Gasteiger partial charge in [-0.3, -0.25) is 4.79 Å². The van der Waals surface area contributed by atoms with Gasteiger partial charge in [0.2, 0.25) is 0 Å². The van der Waals surface area contributed by atoms with Gasteiger partial charge in [0, 0.05) is 40.7 Å². The molecule has 0 aliphatic carbocycles. The number of anilines is 1. The molecule has 0 atom stereocenters. The first-order chi connectivity index (χ1) is 12.0. The fourth-order valence-corrected chi connectivity index (χ4v) is 3.31. The zero-order valence-corrected chi connectivity index (χ0v) is 15.5. The van der Waals surface area contributed by atoms with Crippen LogP contribution in [0.15, 0.2) is 82.6 Å². The normalized spacial score (nSPS) is 10.5. The predicted molar refractivity (Wildman–Crippen MR) is 106 cm³/mol. The van der Waals surface area contributed by atoms with Crippen molar-refractivity contribution in [3.8, 4) is 0 Å². The number of rotatable bonds is 5. The van der Waals surface area contributed by atoms with E-state index in [2.05, 4.69) is 31.2 Å². The summed E-state index contributed by atoms with van der Waals surface area (Å²) in [4.78, 5) is 17.0. The van der Waals surface area contributed by atoms with Crippen LogP contribution < -0.4 is 4.90 Å². The minimum Gasteiger partial charge on any atom is -0.378 e. The van der Waals surface area contributed by atoms with E-state index in [0.29, 0.717) is 11.1 Å². The molecule has 0 aliphatic heterocycles. The van der Waals surface area contributed by atoms with Crippen molar-refractivity contribution in [1.29, 1.82) is 0 Å². The molecule has 0 bridgehead atoms. The van der Waals surface area contributed by atoms with E-state index in [1.807, 2.05) is 67.5 Å². The average molecular weight is 347 g/mol. The van der Waals surface area contributed by atoms with Gasteiger partial charge in [0.15, 0.2) is 5.78 Å². The Morgan fingerprint density at radius 3 is 1.64 bits per heavy atom. The minimum absolute atomic E-state index is 0.0530. The van der Waals surface area contributed by atoms with E-state index in [0.717, 1.165) is 10.6 Å². The molecule has 3 rings (SSSR count).